The molecule has 3 aromatic rings. The van der Waals surface area contributed by atoms with Crippen LogP contribution in [-0.4, -0.2) is 24.6 Å². The van der Waals surface area contributed by atoms with Gasteiger partial charge in [-0.2, -0.15) is 5.10 Å². The van der Waals surface area contributed by atoms with E-state index in [0.717, 1.165) is 21.3 Å². The minimum absolute atomic E-state index is 0.116. The van der Waals surface area contributed by atoms with Crippen LogP contribution in [0.3, 0.4) is 0 Å². The minimum atomic E-state index is -0.439. The average molecular weight is 466 g/mol. The van der Waals surface area contributed by atoms with Crippen LogP contribution in [0.25, 0.3) is 0 Å². The minimum Gasteiger partial charge on any atom is -0.423 e. The fraction of sp³-hybridized carbons (Fsp3) is 0.0870. The normalized spacial score (nSPS) is 10.6. The molecule has 0 unspecified atom stereocenters. The van der Waals surface area contributed by atoms with Gasteiger partial charge in [0.1, 0.15) is 5.75 Å². The first-order chi connectivity index (χ1) is 14.5. The highest BCUT2D eigenvalue weighted by molar-refractivity contribution is 9.10. The average Bonchev–Trinajstić information content (AvgIpc) is 2.73. The van der Waals surface area contributed by atoms with E-state index < -0.39 is 5.97 Å². The Morgan fingerprint density at radius 2 is 1.80 bits per heavy atom. The maximum Gasteiger partial charge on any atom is 0.343 e. The number of rotatable bonds is 7. The van der Waals surface area contributed by atoms with E-state index in [0.29, 0.717) is 11.3 Å². The van der Waals surface area contributed by atoms with E-state index in [1.165, 1.54) is 6.21 Å². The predicted octanol–water partition coefficient (Wildman–Crippen LogP) is 4.54. The van der Waals surface area contributed by atoms with Crippen molar-refractivity contribution in [3.05, 3.63) is 94.0 Å². The number of anilines is 1. The number of aryl methyl sites for hydroxylation is 1. The molecule has 0 fully saturated rings. The van der Waals surface area contributed by atoms with Gasteiger partial charge in [0.25, 0.3) is 5.91 Å². The molecule has 0 aromatic heterocycles. The number of hydrogen-bond donors (Lipinski definition) is 2. The number of carbonyl (C=O) groups is 2. The number of ether oxygens (including phenoxy) is 1. The number of hydrazone groups is 1. The molecule has 0 aliphatic carbocycles. The number of hydrogen-bond acceptors (Lipinski definition) is 5. The molecule has 6 nitrogen and oxygen atoms in total. The first-order valence-corrected chi connectivity index (χ1v) is 9.99. The third-order valence-corrected chi connectivity index (χ3v) is 4.52. The third-order valence-electron chi connectivity index (χ3n) is 4.02. The lowest BCUT2D eigenvalue weighted by molar-refractivity contribution is -0.119. The number of esters is 1. The van der Waals surface area contributed by atoms with Crippen molar-refractivity contribution in [3.8, 4) is 5.75 Å². The Morgan fingerprint density at radius 3 is 2.53 bits per heavy atom. The zero-order chi connectivity index (χ0) is 21.3. The highest BCUT2D eigenvalue weighted by Gasteiger charge is 2.08. The second kappa shape index (κ2) is 10.4. The van der Waals surface area contributed by atoms with Crippen LogP contribution in [0.5, 0.6) is 5.75 Å². The zero-order valence-corrected chi connectivity index (χ0v) is 17.8. The van der Waals surface area contributed by atoms with Crippen molar-refractivity contribution in [2.45, 2.75) is 6.92 Å². The first-order valence-electron chi connectivity index (χ1n) is 9.20. The summed E-state index contributed by atoms with van der Waals surface area (Å²) in [4.78, 5) is 24.0. The van der Waals surface area contributed by atoms with Crippen molar-refractivity contribution in [2.24, 2.45) is 5.10 Å². The van der Waals surface area contributed by atoms with E-state index in [1.807, 2.05) is 37.3 Å². The Bertz CT molecular complexity index is 1070. The molecule has 7 heteroatoms. The van der Waals surface area contributed by atoms with E-state index in [1.54, 1.807) is 42.5 Å². The maximum absolute atomic E-state index is 12.2. The van der Waals surface area contributed by atoms with Crippen LogP contribution >= 0.6 is 15.9 Å². The van der Waals surface area contributed by atoms with Crippen molar-refractivity contribution in [1.29, 1.82) is 0 Å². The molecule has 0 saturated heterocycles. The maximum atomic E-state index is 12.2. The highest BCUT2D eigenvalue weighted by Crippen LogP contribution is 2.16. The van der Waals surface area contributed by atoms with Crippen molar-refractivity contribution >= 4 is 39.7 Å². The van der Waals surface area contributed by atoms with Crippen molar-refractivity contribution in [3.63, 3.8) is 0 Å². The van der Waals surface area contributed by atoms with Gasteiger partial charge in [-0.25, -0.2) is 10.2 Å². The second-order valence-electron chi connectivity index (χ2n) is 6.49. The molecule has 2 N–H and O–H groups in total. The van der Waals surface area contributed by atoms with Gasteiger partial charge in [0.15, 0.2) is 0 Å². The van der Waals surface area contributed by atoms with Crippen molar-refractivity contribution < 1.29 is 14.3 Å². The number of halogens is 1. The molecule has 0 atom stereocenters. The molecule has 0 aliphatic heterocycles. The van der Waals surface area contributed by atoms with E-state index in [9.17, 15) is 9.59 Å². The van der Waals surface area contributed by atoms with Crippen LogP contribution in [-0.2, 0) is 4.79 Å². The quantitative estimate of drug-likeness (QED) is 0.232. The van der Waals surface area contributed by atoms with Gasteiger partial charge in [-0.15, -0.1) is 0 Å². The second-order valence-corrected chi connectivity index (χ2v) is 7.40. The van der Waals surface area contributed by atoms with Gasteiger partial charge >= 0.3 is 5.97 Å². The lowest BCUT2D eigenvalue weighted by Gasteiger charge is -2.06. The summed E-state index contributed by atoms with van der Waals surface area (Å²) in [6, 6.07) is 21.6. The number of carbonyl (C=O) groups excluding carboxylic acids is 2. The fourth-order valence-corrected chi connectivity index (χ4v) is 2.96. The van der Waals surface area contributed by atoms with E-state index >= 15 is 0 Å². The first kappa shape index (κ1) is 21.3. The number of amides is 1. The van der Waals surface area contributed by atoms with Crippen LogP contribution in [0, 0.1) is 6.92 Å². The predicted molar refractivity (Wildman–Crippen MR) is 121 cm³/mol. The summed E-state index contributed by atoms with van der Waals surface area (Å²) < 4.78 is 6.16. The Morgan fingerprint density at radius 1 is 1.03 bits per heavy atom. The molecule has 1 amide bonds. The summed E-state index contributed by atoms with van der Waals surface area (Å²) in [6.45, 7) is 2.10. The summed E-state index contributed by atoms with van der Waals surface area (Å²) in [7, 11) is 0. The fourth-order valence-electron chi connectivity index (χ4n) is 2.56. The third kappa shape index (κ3) is 6.56. The lowest BCUT2D eigenvalue weighted by atomic mass is 10.2. The summed E-state index contributed by atoms with van der Waals surface area (Å²) in [5, 5.41) is 6.98. The zero-order valence-electron chi connectivity index (χ0n) is 16.3. The molecule has 0 bridgehead atoms. The monoisotopic (exact) mass is 465 g/mol. The van der Waals surface area contributed by atoms with E-state index in [-0.39, 0.29) is 12.5 Å². The molecule has 3 rings (SSSR count). The number of benzene rings is 3. The molecule has 152 valence electrons. The Kier molecular flexibility index (Phi) is 7.34. The van der Waals surface area contributed by atoms with Gasteiger partial charge < -0.3 is 10.1 Å². The smallest absolute Gasteiger partial charge is 0.343 e. The molecule has 30 heavy (non-hydrogen) atoms. The molecular weight excluding hydrogens is 446 g/mol. The van der Waals surface area contributed by atoms with Crippen LogP contribution in [0.2, 0.25) is 0 Å². The highest BCUT2D eigenvalue weighted by atomic mass is 79.9. The van der Waals surface area contributed by atoms with Gasteiger partial charge in [-0.1, -0.05) is 34.1 Å². The van der Waals surface area contributed by atoms with Gasteiger partial charge in [0, 0.05) is 10.2 Å². The van der Waals surface area contributed by atoms with Crippen molar-refractivity contribution in [1.82, 2.24) is 5.43 Å². The van der Waals surface area contributed by atoms with E-state index in [4.69, 9.17) is 4.74 Å². The standard InChI is InChI=1S/C23H20BrN3O3/c1-16-4-2-7-20(12-16)25-15-22(28)27-26-14-17-8-10-21(11-9-17)30-23(29)18-5-3-6-19(24)13-18/h2-14,25H,15H2,1H3,(H,27,28). The summed E-state index contributed by atoms with van der Waals surface area (Å²) in [6.07, 6.45) is 1.52. The number of nitrogens with zero attached hydrogens (tertiary/aromatic N) is 1. The molecule has 3 aromatic carbocycles. The van der Waals surface area contributed by atoms with Crippen LogP contribution in [0.1, 0.15) is 21.5 Å². The molecule has 0 heterocycles. The number of nitrogens with one attached hydrogen (secondary N) is 2. The molecule has 0 spiro atoms. The molecule has 0 saturated carbocycles. The van der Waals surface area contributed by atoms with E-state index in [2.05, 4.69) is 31.8 Å². The van der Waals surface area contributed by atoms with Crippen LogP contribution in [0.15, 0.2) is 82.4 Å². The van der Waals surface area contributed by atoms with Crippen LogP contribution in [0.4, 0.5) is 5.69 Å². The SMILES string of the molecule is Cc1cccc(NCC(=O)NN=Cc2ccc(OC(=O)c3cccc(Br)c3)cc2)c1. The topological polar surface area (TPSA) is 79.8 Å². The summed E-state index contributed by atoms with van der Waals surface area (Å²) >= 11 is 3.33. The Balaban J connectivity index is 1.47. The lowest BCUT2D eigenvalue weighted by Crippen LogP contribution is -2.25. The van der Waals surface area contributed by atoms with Gasteiger partial charge in [-0.05, 0) is 72.6 Å². The summed E-state index contributed by atoms with van der Waals surface area (Å²) in [5.41, 5.74) is 5.67. The summed E-state index contributed by atoms with van der Waals surface area (Å²) in [5.74, 6) is -0.276. The molecule has 0 radical (unpaired) electrons. The van der Waals surface area contributed by atoms with Crippen molar-refractivity contribution in [2.75, 3.05) is 11.9 Å². The molecule has 0 aliphatic rings. The molecular formula is C23H20BrN3O3. The van der Waals surface area contributed by atoms with Crippen LogP contribution < -0.4 is 15.5 Å². The van der Waals surface area contributed by atoms with Gasteiger partial charge in [0.2, 0.25) is 0 Å². The Labute approximate surface area is 183 Å². The van der Waals surface area contributed by atoms with Gasteiger partial charge in [-0.3, -0.25) is 4.79 Å². The largest absolute Gasteiger partial charge is 0.423 e. The Hall–Kier alpha value is -3.45. The van der Waals surface area contributed by atoms with Gasteiger partial charge in [0.05, 0.1) is 18.3 Å².